The maximum atomic E-state index is 12.0. The summed E-state index contributed by atoms with van der Waals surface area (Å²) >= 11 is 3.06. The molecule has 1 aliphatic heterocycles. The SMILES string of the molecule is Cc1nnc(SC(C)C(=O)N2CCCC2)s1. The van der Waals surface area contributed by atoms with Crippen molar-refractivity contribution in [2.45, 2.75) is 36.3 Å². The molecule has 0 radical (unpaired) electrons. The van der Waals surface area contributed by atoms with Crippen molar-refractivity contribution in [3.63, 3.8) is 0 Å². The molecule has 2 heterocycles. The zero-order valence-electron chi connectivity index (χ0n) is 9.47. The van der Waals surface area contributed by atoms with Crippen LogP contribution in [0.2, 0.25) is 0 Å². The topological polar surface area (TPSA) is 46.1 Å². The van der Waals surface area contributed by atoms with E-state index in [-0.39, 0.29) is 11.2 Å². The van der Waals surface area contributed by atoms with E-state index in [9.17, 15) is 4.79 Å². The van der Waals surface area contributed by atoms with Crippen molar-refractivity contribution in [2.24, 2.45) is 0 Å². The lowest BCUT2D eigenvalue weighted by atomic mass is 10.4. The van der Waals surface area contributed by atoms with E-state index in [2.05, 4.69) is 10.2 Å². The fraction of sp³-hybridized carbons (Fsp3) is 0.700. The molecule has 0 aliphatic carbocycles. The average Bonchev–Trinajstić information content (AvgIpc) is 2.88. The van der Waals surface area contributed by atoms with Gasteiger partial charge in [-0.1, -0.05) is 23.1 Å². The number of amides is 1. The molecule has 0 spiro atoms. The first-order chi connectivity index (χ1) is 7.66. The lowest BCUT2D eigenvalue weighted by molar-refractivity contribution is -0.129. The van der Waals surface area contributed by atoms with Crippen molar-refractivity contribution in [1.29, 1.82) is 0 Å². The first-order valence-corrected chi connectivity index (χ1v) is 7.12. The second kappa shape index (κ2) is 5.14. The van der Waals surface area contributed by atoms with Gasteiger partial charge in [0.1, 0.15) is 5.01 Å². The third-order valence-corrected chi connectivity index (χ3v) is 4.56. The fourth-order valence-corrected chi connectivity index (χ4v) is 3.77. The summed E-state index contributed by atoms with van der Waals surface area (Å²) in [6.45, 7) is 5.70. The number of likely N-dealkylation sites (tertiary alicyclic amines) is 1. The molecule has 1 aromatic rings. The number of aromatic nitrogens is 2. The Labute approximate surface area is 103 Å². The molecule has 1 fully saturated rings. The van der Waals surface area contributed by atoms with Crippen LogP contribution >= 0.6 is 23.1 Å². The van der Waals surface area contributed by atoms with E-state index in [1.807, 2.05) is 18.7 Å². The van der Waals surface area contributed by atoms with Gasteiger partial charge < -0.3 is 4.90 Å². The third kappa shape index (κ3) is 2.74. The molecule has 6 heteroatoms. The van der Waals surface area contributed by atoms with Crippen molar-refractivity contribution < 1.29 is 4.79 Å². The Morgan fingerprint density at radius 1 is 1.44 bits per heavy atom. The van der Waals surface area contributed by atoms with Crippen molar-refractivity contribution in [2.75, 3.05) is 13.1 Å². The normalized spacial score (nSPS) is 17.8. The largest absolute Gasteiger partial charge is 0.342 e. The number of aryl methyl sites for hydroxylation is 1. The Morgan fingerprint density at radius 3 is 2.69 bits per heavy atom. The smallest absolute Gasteiger partial charge is 0.235 e. The van der Waals surface area contributed by atoms with Crippen LogP contribution in [-0.4, -0.2) is 39.3 Å². The molecule has 0 N–H and O–H groups in total. The lowest BCUT2D eigenvalue weighted by Crippen LogP contribution is -2.33. The summed E-state index contributed by atoms with van der Waals surface area (Å²) in [4.78, 5) is 14.0. The molecule has 0 saturated carbocycles. The zero-order valence-corrected chi connectivity index (χ0v) is 11.1. The van der Waals surface area contributed by atoms with Gasteiger partial charge in [-0.15, -0.1) is 10.2 Å². The van der Waals surface area contributed by atoms with E-state index >= 15 is 0 Å². The minimum absolute atomic E-state index is 0.0505. The summed E-state index contributed by atoms with van der Waals surface area (Å²) in [5, 5.41) is 8.87. The Kier molecular flexibility index (Phi) is 3.81. The van der Waals surface area contributed by atoms with E-state index in [4.69, 9.17) is 0 Å². The molecule has 1 aromatic heterocycles. The van der Waals surface area contributed by atoms with Crippen LogP contribution in [-0.2, 0) is 4.79 Å². The molecule has 1 unspecified atom stereocenters. The number of nitrogens with zero attached hydrogens (tertiary/aromatic N) is 3. The van der Waals surface area contributed by atoms with E-state index in [1.165, 1.54) is 11.8 Å². The predicted molar refractivity (Wildman–Crippen MR) is 65.8 cm³/mol. The highest BCUT2D eigenvalue weighted by molar-refractivity contribution is 8.02. The molecule has 16 heavy (non-hydrogen) atoms. The summed E-state index contributed by atoms with van der Waals surface area (Å²) in [5.74, 6) is 0.232. The summed E-state index contributed by atoms with van der Waals surface area (Å²) in [6.07, 6.45) is 2.28. The third-order valence-electron chi connectivity index (χ3n) is 2.55. The first kappa shape index (κ1) is 11.9. The van der Waals surface area contributed by atoms with E-state index in [0.717, 1.165) is 35.3 Å². The number of hydrogen-bond acceptors (Lipinski definition) is 5. The predicted octanol–water partition coefficient (Wildman–Crippen LogP) is 1.95. The van der Waals surface area contributed by atoms with Gasteiger partial charge in [-0.3, -0.25) is 4.79 Å². The molecule has 2 rings (SSSR count). The standard InChI is InChI=1S/C10H15N3OS2/c1-7(9(14)13-5-3-4-6-13)15-10-12-11-8(2)16-10/h7H,3-6H2,1-2H3. The molecule has 1 amide bonds. The van der Waals surface area contributed by atoms with Crippen LogP contribution in [0.4, 0.5) is 0 Å². The Bertz CT molecular complexity index is 374. The van der Waals surface area contributed by atoms with Crippen molar-refractivity contribution in [1.82, 2.24) is 15.1 Å². The van der Waals surface area contributed by atoms with Crippen LogP contribution in [0.1, 0.15) is 24.8 Å². The number of carbonyl (C=O) groups excluding carboxylic acids is 1. The number of carbonyl (C=O) groups is 1. The van der Waals surface area contributed by atoms with Gasteiger partial charge in [0.15, 0.2) is 4.34 Å². The molecule has 0 bridgehead atoms. The summed E-state index contributed by atoms with van der Waals surface area (Å²) in [6, 6.07) is 0. The zero-order chi connectivity index (χ0) is 11.5. The van der Waals surface area contributed by atoms with Crippen molar-refractivity contribution in [3.05, 3.63) is 5.01 Å². The fourth-order valence-electron chi connectivity index (χ4n) is 1.72. The van der Waals surface area contributed by atoms with Gasteiger partial charge in [-0.05, 0) is 26.7 Å². The van der Waals surface area contributed by atoms with Gasteiger partial charge >= 0.3 is 0 Å². The highest BCUT2D eigenvalue weighted by Crippen LogP contribution is 2.27. The minimum atomic E-state index is -0.0505. The van der Waals surface area contributed by atoms with Gasteiger partial charge in [-0.2, -0.15) is 0 Å². The highest BCUT2D eigenvalue weighted by atomic mass is 32.2. The lowest BCUT2D eigenvalue weighted by Gasteiger charge is -2.18. The van der Waals surface area contributed by atoms with E-state index in [1.54, 1.807) is 11.3 Å². The minimum Gasteiger partial charge on any atom is -0.342 e. The maximum absolute atomic E-state index is 12.0. The number of hydrogen-bond donors (Lipinski definition) is 0. The van der Waals surface area contributed by atoms with Crippen LogP contribution < -0.4 is 0 Å². The van der Waals surface area contributed by atoms with Gasteiger partial charge in [0, 0.05) is 13.1 Å². The quantitative estimate of drug-likeness (QED) is 0.776. The highest BCUT2D eigenvalue weighted by Gasteiger charge is 2.24. The monoisotopic (exact) mass is 257 g/mol. The molecule has 88 valence electrons. The molecule has 1 saturated heterocycles. The van der Waals surface area contributed by atoms with Crippen LogP contribution in [0.15, 0.2) is 4.34 Å². The number of rotatable bonds is 3. The van der Waals surface area contributed by atoms with Crippen molar-refractivity contribution in [3.8, 4) is 0 Å². The first-order valence-electron chi connectivity index (χ1n) is 5.42. The Balaban J connectivity index is 1.91. The van der Waals surface area contributed by atoms with Gasteiger partial charge in [0.05, 0.1) is 5.25 Å². The van der Waals surface area contributed by atoms with Gasteiger partial charge in [0.2, 0.25) is 5.91 Å². The molecule has 1 atom stereocenters. The molecular formula is C10H15N3OS2. The summed E-state index contributed by atoms with van der Waals surface area (Å²) < 4.78 is 0.887. The van der Waals surface area contributed by atoms with E-state index < -0.39 is 0 Å². The van der Waals surface area contributed by atoms with Crippen LogP contribution in [0.25, 0.3) is 0 Å². The summed E-state index contributed by atoms with van der Waals surface area (Å²) in [7, 11) is 0. The second-order valence-electron chi connectivity index (χ2n) is 3.88. The Hall–Kier alpha value is -0.620. The molecule has 0 aromatic carbocycles. The van der Waals surface area contributed by atoms with Crippen LogP contribution in [0, 0.1) is 6.92 Å². The molecule has 1 aliphatic rings. The van der Waals surface area contributed by atoms with Crippen LogP contribution in [0.3, 0.4) is 0 Å². The van der Waals surface area contributed by atoms with Crippen molar-refractivity contribution >= 4 is 29.0 Å². The maximum Gasteiger partial charge on any atom is 0.235 e. The molecular weight excluding hydrogens is 242 g/mol. The van der Waals surface area contributed by atoms with Crippen LogP contribution in [0.5, 0.6) is 0 Å². The van der Waals surface area contributed by atoms with Gasteiger partial charge in [-0.25, -0.2) is 0 Å². The number of thioether (sulfide) groups is 1. The van der Waals surface area contributed by atoms with E-state index in [0.29, 0.717) is 0 Å². The second-order valence-corrected chi connectivity index (χ2v) is 6.65. The summed E-state index contributed by atoms with van der Waals surface area (Å²) in [5.41, 5.74) is 0. The average molecular weight is 257 g/mol. The Morgan fingerprint density at radius 2 is 2.12 bits per heavy atom. The van der Waals surface area contributed by atoms with Gasteiger partial charge in [0.25, 0.3) is 0 Å². The molecule has 4 nitrogen and oxygen atoms in total.